The summed E-state index contributed by atoms with van der Waals surface area (Å²) in [5, 5.41) is 0. The first kappa shape index (κ1) is 14.0. The van der Waals surface area contributed by atoms with Crippen LogP contribution in [-0.2, 0) is 23.8 Å². The predicted octanol–water partition coefficient (Wildman–Crippen LogP) is 2.12. The lowest BCUT2D eigenvalue weighted by Crippen LogP contribution is -2.51. The van der Waals surface area contributed by atoms with Crippen molar-refractivity contribution < 1.29 is 23.8 Å². The summed E-state index contributed by atoms with van der Waals surface area (Å²) >= 11 is 0. The van der Waals surface area contributed by atoms with Crippen LogP contribution in [-0.4, -0.2) is 31.4 Å². The lowest BCUT2D eigenvalue weighted by molar-refractivity contribution is -0.163. The SMILES string of the molecule is CO[C@H]1OC(=O)C=C2C1=C[C@H]1OC(=O)C3(C)CCC[C@@]2(C)[C@@H]13. The van der Waals surface area contributed by atoms with Gasteiger partial charge in [0.25, 0.3) is 0 Å². The highest BCUT2D eigenvalue weighted by Gasteiger charge is 2.65. The van der Waals surface area contributed by atoms with Gasteiger partial charge in [-0.25, -0.2) is 4.79 Å². The minimum Gasteiger partial charge on any atom is -0.457 e. The van der Waals surface area contributed by atoms with E-state index in [0.29, 0.717) is 0 Å². The van der Waals surface area contributed by atoms with Gasteiger partial charge in [0.05, 0.1) is 5.41 Å². The summed E-state index contributed by atoms with van der Waals surface area (Å²) in [5.41, 5.74) is 1.07. The normalized spacial score (nSPS) is 46.0. The van der Waals surface area contributed by atoms with E-state index in [0.717, 1.165) is 30.4 Å². The molecule has 22 heavy (non-hydrogen) atoms. The number of methoxy groups -OCH3 is 1. The van der Waals surface area contributed by atoms with Gasteiger partial charge in [-0.3, -0.25) is 4.79 Å². The number of esters is 2. The fraction of sp³-hybridized carbons (Fsp3) is 0.647. The van der Waals surface area contributed by atoms with Crippen molar-refractivity contribution in [2.45, 2.75) is 45.5 Å². The van der Waals surface area contributed by atoms with Crippen LogP contribution in [0.25, 0.3) is 0 Å². The van der Waals surface area contributed by atoms with E-state index in [-0.39, 0.29) is 29.4 Å². The highest BCUT2D eigenvalue weighted by molar-refractivity contribution is 5.87. The Bertz CT molecular complexity index is 633. The van der Waals surface area contributed by atoms with Gasteiger partial charge in [-0.2, -0.15) is 0 Å². The summed E-state index contributed by atoms with van der Waals surface area (Å²) in [4.78, 5) is 24.4. The molecule has 0 amide bonds. The molecule has 4 rings (SSSR count). The van der Waals surface area contributed by atoms with Gasteiger partial charge >= 0.3 is 11.9 Å². The molecule has 1 saturated heterocycles. The highest BCUT2D eigenvalue weighted by atomic mass is 16.7. The van der Waals surface area contributed by atoms with Crippen LogP contribution in [0.3, 0.4) is 0 Å². The van der Waals surface area contributed by atoms with Crippen molar-refractivity contribution in [3.8, 4) is 0 Å². The molecule has 0 N–H and O–H groups in total. The van der Waals surface area contributed by atoms with Gasteiger partial charge in [-0.15, -0.1) is 0 Å². The Morgan fingerprint density at radius 2 is 1.91 bits per heavy atom. The molecular formula is C17H20O5. The first-order valence-corrected chi connectivity index (χ1v) is 7.79. The molecule has 2 aliphatic carbocycles. The Morgan fingerprint density at radius 3 is 2.64 bits per heavy atom. The third-order valence-electron chi connectivity index (χ3n) is 6.03. The molecule has 0 aromatic rings. The van der Waals surface area contributed by atoms with Gasteiger partial charge in [0, 0.05) is 30.1 Å². The van der Waals surface area contributed by atoms with E-state index in [4.69, 9.17) is 14.2 Å². The summed E-state index contributed by atoms with van der Waals surface area (Å²) in [6.07, 6.45) is 5.26. The van der Waals surface area contributed by atoms with Crippen molar-refractivity contribution in [1.29, 1.82) is 0 Å². The number of hydrogen-bond donors (Lipinski definition) is 0. The van der Waals surface area contributed by atoms with Gasteiger partial charge in [-0.05, 0) is 31.4 Å². The van der Waals surface area contributed by atoms with Crippen LogP contribution < -0.4 is 0 Å². The van der Waals surface area contributed by atoms with Crippen molar-refractivity contribution in [1.82, 2.24) is 0 Å². The topological polar surface area (TPSA) is 61.8 Å². The molecule has 118 valence electrons. The maximum Gasteiger partial charge on any atom is 0.333 e. The van der Waals surface area contributed by atoms with Gasteiger partial charge in [0.1, 0.15) is 6.10 Å². The smallest absolute Gasteiger partial charge is 0.333 e. The molecular weight excluding hydrogens is 284 g/mol. The Morgan fingerprint density at radius 1 is 1.18 bits per heavy atom. The number of cyclic esters (lactones) is 1. The zero-order chi connectivity index (χ0) is 15.7. The third kappa shape index (κ3) is 1.52. The van der Waals surface area contributed by atoms with E-state index in [1.54, 1.807) is 6.08 Å². The molecule has 1 saturated carbocycles. The Hall–Kier alpha value is -1.62. The molecule has 5 atom stereocenters. The molecule has 0 bridgehead atoms. The van der Waals surface area contributed by atoms with Crippen LogP contribution in [0.2, 0.25) is 0 Å². The standard InChI is InChI=1S/C17H20O5/c1-16-5-4-6-17(2)13(16)11(21-15(17)19)7-9-10(16)8-12(18)22-14(9)20-3/h7-8,11,13-14H,4-6H2,1-3H3/t11-,13-,14+,16-,17?/m1/s1. The van der Waals surface area contributed by atoms with Crippen molar-refractivity contribution >= 4 is 11.9 Å². The van der Waals surface area contributed by atoms with Crippen molar-refractivity contribution in [2.75, 3.05) is 7.11 Å². The molecule has 2 aliphatic heterocycles. The molecule has 5 heteroatoms. The largest absolute Gasteiger partial charge is 0.457 e. The lowest BCUT2D eigenvalue weighted by atomic mass is 9.50. The van der Waals surface area contributed by atoms with Gasteiger partial charge in [0.2, 0.25) is 6.29 Å². The van der Waals surface area contributed by atoms with Crippen LogP contribution in [0.5, 0.6) is 0 Å². The van der Waals surface area contributed by atoms with Gasteiger partial charge < -0.3 is 14.2 Å². The Kier molecular flexibility index (Phi) is 2.69. The minimum atomic E-state index is -0.710. The average molecular weight is 304 g/mol. The van der Waals surface area contributed by atoms with Crippen LogP contribution in [0, 0.1) is 16.7 Å². The molecule has 5 nitrogen and oxygen atoms in total. The molecule has 2 fully saturated rings. The number of ether oxygens (including phenoxy) is 3. The van der Waals surface area contributed by atoms with Crippen LogP contribution in [0.15, 0.2) is 23.3 Å². The average Bonchev–Trinajstić information content (AvgIpc) is 2.72. The summed E-state index contributed by atoms with van der Waals surface area (Å²) in [6.45, 7) is 4.15. The molecule has 0 aromatic carbocycles. The second kappa shape index (κ2) is 4.22. The van der Waals surface area contributed by atoms with E-state index in [2.05, 4.69) is 6.92 Å². The van der Waals surface area contributed by atoms with E-state index >= 15 is 0 Å². The summed E-state index contributed by atoms with van der Waals surface area (Å²) in [5.74, 6) is -0.429. The van der Waals surface area contributed by atoms with Crippen LogP contribution in [0.4, 0.5) is 0 Å². The number of rotatable bonds is 1. The minimum absolute atomic E-state index is 0.0691. The van der Waals surface area contributed by atoms with Crippen molar-refractivity contribution in [2.24, 2.45) is 16.7 Å². The van der Waals surface area contributed by atoms with Crippen LogP contribution in [0.1, 0.15) is 33.1 Å². The van der Waals surface area contributed by atoms with E-state index in [1.165, 1.54) is 7.11 Å². The molecule has 4 aliphatic rings. The van der Waals surface area contributed by atoms with Gasteiger partial charge in [0.15, 0.2) is 0 Å². The molecule has 0 radical (unpaired) electrons. The number of hydrogen-bond acceptors (Lipinski definition) is 5. The monoisotopic (exact) mass is 304 g/mol. The number of fused-ring (bicyclic) bond motifs is 2. The summed E-state index contributed by atoms with van der Waals surface area (Å²) in [7, 11) is 1.52. The molecule has 2 heterocycles. The quantitative estimate of drug-likeness (QED) is 0.694. The fourth-order valence-corrected chi connectivity index (χ4v) is 5.10. The zero-order valence-corrected chi connectivity index (χ0v) is 13.0. The number of carbonyl (C=O) groups is 2. The van der Waals surface area contributed by atoms with Crippen molar-refractivity contribution in [3.63, 3.8) is 0 Å². The highest BCUT2D eigenvalue weighted by Crippen LogP contribution is 2.64. The predicted molar refractivity (Wildman–Crippen MR) is 76.5 cm³/mol. The molecule has 0 aromatic heterocycles. The second-order valence-corrected chi connectivity index (χ2v) is 7.22. The summed E-state index contributed by atoms with van der Waals surface area (Å²) in [6, 6.07) is 0. The van der Waals surface area contributed by atoms with E-state index in [9.17, 15) is 9.59 Å². The maximum absolute atomic E-state index is 12.4. The third-order valence-corrected chi connectivity index (χ3v) is 6.03. The number of carbonyl (C=O) groups excluding carboxylic acids is 2. The first-order valence-electron chi connectivity index (χ1n) is 7.79. The van der Waals surface area contributed by atoms with Crippen molar-refractivity contribution in [3.05, 3.63) is 23.3 Å². The lowest BCUT2D eigenvalue weighted by Gasteiger charge is -2.52. The van der Waals surface area contributed by atoms with E-state index in [1.807, 2.05) is 13.0 Å². The van der Waals surface area contributed by atoms with E-state index < -0.39 is 11.7 Å². The Balaban J connectivity index is 1.92. The fourth-order valence-electron chi connectivity index (χ4n) is 5.10. The first-order chi connectivity index (χ1) is 10.4. The zero-order valence-electron chi connectivity index (χ0n) is 13.0. The Labute approximate surface area is 129 Å². The van der Waals surface area contributed by atoms with Crippen LogP contribution >= 0.6 is 0 Å². The maximum atomic E-state index is 12.4. The van der Waals surface area contributed by atoms with Gasteiger partial charge in [-0.1, -0.05) is 13.3 Å². The summed E-state index contributed by atoms with van der Waals surface area (Å²) < 4.78 is 16.2. The second-order valence-electron chi connectivity index (χ2n) is 7.22. The molecule has 0 spiro atoms. The molecule has 1 unspecified atom stereocenters.